The van der Waals surface area contributed by atoms with Crippen LogP contribution in [0.4, 0.5) is 0 Å². The van der Waals surface area contributed by atoms with Gasteiger partial charge in [-0.1, -0.05) is 129 Å². The van der Waals surface area contributed by atoms with Crippen molar-refractivity contribution in [3.63, 3.8) is 0 Å². The molecular weight excluding hydrogens is 977 g/mol. The molecule has 3 saturated carbocycles. The number of benzene rings is 1. The van der Waals surface area contributed by atoms with E-state index in [-0.39, 0.29) is 48.0 Å². The normalized spacial score (nSPS) is 36.5. The second-order valence-electron chi connectivity index (χ2n) is 23.8. The fourth-order valence-corrected chi connectivity index (χ4v) is 14.3. The molecule has 5 N–H and O–H groups in total. The second-order valence-corrected chi connectivity index (χ2v) is 23.8. The minimum atomic E-state index is -1.80. The van der Waals surface area contributed by atoms with Gasteiger partial charge in [0.2, 0.25) is 0 Å². The van der Waals surface area contributed by atoms with Gasteiger partial charge in [-0.15, -0.1) is 0 Å². The Labute approximate surface area is 452 Å². The summed E-state index contributed by atoms with van der Waals surface area (Å²) in [6.07, 6.45) is 13.2. The predicted octanol–water partition coefficient (Wildman–Crippen LogP) is 8.82. The largest absolute Gasteiger partial charge is 0.497 e. The van der Waals surface area contributed by atoms with Gasteiger partial charge < -0.3 is 63.4 Å². The molecule has 76 heavy (non-hydrogen) atoms. The number of ether oxygens (including phenoxy) is 8. The lowest BCUT2D eigenvalue weighted by molar-refractivity contribution is -0.345. The molecule has 1 aromatic rings. The van der Waals surface area contributed by atoms with Gasteiger partial charge >= 0.3 is 17.9 Å². The van der Waals surface area contributed by atoms with Crippen LogP contribution in [0.2, 0.25) is 0 Å². The molecule has 0 amide bonds. The molecule has 16 nitrogen and oxygen atoms in total. The Bertz CT molecular complexity index is 2030. The lowest BCUT2D eigenvalue weighted by Crippen LogP contribution is -2.64. The molecule has 2 aliphatic heterocycles. The highest BCUT2D eigenvalue weighted by molar-refractivity contribution is 5.89. The molecule has 0 bridgehead atoms. The monoisotopic (exact) mass is 1070 g/mol. The number of rotatable bonds is 27. The third-order valence-corrected chi connectivity index (χ3v) is 18.9. The Morgan fingerprint density at radius 2 is 1.32 bits per heavy atom. The van der Waals surface area contributed by atoms with Gasteiger partial charge in [0.05, 0.1) is 50.6 Å². The Morgan fingerprint density at radius 3 is 1.92 bits per heavy atom. The van der Waals surface area contributed by atoms with E-state index < -0.39 is 96.8 Å². The molecule has 4 aliphatic carbocycles. The van der Waals surface area contributed by atoms with Gasteiger partial charge in [0.1, 0.15) is 35.8 Å². The molecule has 7 rings (SSSR count). The van der Waals surface area contributed by atoms with Crippen molar-refractivity contribution < 1.29 is 77.8 Å². The Balaban J connectivity index is 1.04. The third-order valence-electron chi connectivity index (χ3n) is 18.9. The molecule has 5 fully saturated rings. The van der Waals surface area contributed by atoms with Gasteiger partial charge in [0.25, 0.3) is 0 Å². The van der Waals surface area contributed by atoms with E-state index in [1.807, 2.05) is 0 Å². The molecule has 0 unspecified atom stereocenters. The van der Waals surface area contributed by atoms with Crippen LogP contribution in [0.1, 0.15) is 193 Å². The first-order valence-electron chi connectivity index (χ1n) is 29.3. The summed E-state index contributed by atoms with van der Waals surface area (Å²) in [4.78, 5) is 40.8. The van der Waals surface area contributed by atoms with Crippen LogP contribution in [0.25, 0.3) is 0 Å². The summed E-state index contributed by atoms with van der Waals surface area (Å²) in [5.74, 6) is -2.40. The lowest BCUT2D eigenvalue weighted by atomic mass is 9.46. The fraction of sp³-hybridized carbons (Fsp3) is 0.817. The summed E-state index contributed by atoms with van der Waals surface area (Å²) in [5, 5.41) is 57.7. The zero-order valence-electron chi connectivity index (χ0n) is 46.6. The number of hydrogen-bond donors (Lipinski definition) is 5. The van der Waals surface area contributed by atoms with Crippen molar-refractivity contribution >= 4 is 17.9 Å². The topological polar surface area (TPSA) is 226 Å². The van der Waals surface area contributed by atoms with E-state index in [4.69, 9.17) is 37.9 Å². The summed E-state index contributed by atoms with van der Waals surface area (Å²) < 4.78 is 48.0. The van der Waals surface area contributed by atoms with Gasteiger partial charge in [-0.2, -0.15) is 0 Å². The number of carbonyl (C=O) groups excluding carboxylic acids is 3. The number of esters is 3. The summed E-state index contributed by atoms with van der Waals surface area (Å²) in [7, 11) is 1.48. The predicted molar refractivity (Wildman–Crippen MR) is 283 cm³/mol. The van der Waals surface area contributed by atoms with Gasteiger partial charge in [-0.05, 0) is 106 Å². The standard InChI is InChI=1S/C60H94O16/c1-7-8-9-10-11-12-13-14-15-16-17-18-19-20-21-22-33-70-54(66)38(2)60(68)49(35-46-44-28-25-41-34-42(62)29-31-58(41,4)45(44)30-32-59(46,60)5)74-57-53(73-39(3)61)51(48(64)37-72-57)76-56-52(50(65)47(63)36-71-56)75-55(67)40-23-26-43(69-6)27-24-40/h23-27,38,42,44-53,56-57,62-65,68H,7-22,28-37H2,1-6H3/t38-,42+,44-,45+,46+,47-,48+,49+,50+,51+,52-,53-,56+,57+,58+,59+,60-/m1/s1. The van der Waals surface area contributed by atoms with Crippen LogP contribution in [0, 0.1) is 34.5 Å². The van der Waals surface area contributed by atoms with E-state index in [0.717, 1.165) is 44.9 Å². The highest BCUT2D eigenvalue weighted by Crippen LogP contribution is 2.69. The maximum absolute atomic E-state index is 14.4. The first-order chi connectivity index (χ1) is 36.5. The number of aliphatic hydroxyl groups excluding tert-OH is 4. The van der Waals surface area contributed by atoms with Crippen molar-refractivity contribution in [3.05, 3.63) is 41.5 Å². The van der Waals surface area contributed by atoms with E-state index in [2.05, 4.69) is 26.8 Å². The number of fused-ring (bicyclic) bond motifs is 5. The fourth-order valence-electron chi connectivity index (χ4n) is 14.3. The van der Waals surface area contributed by atoms with Crippen LogP contribution >= 0.6 is 0 Å². The maximum Gasteiger partial charge on any atom is 0.338 e. The van der Waals surface area contributed by atoms with Crippen molar-refractivity contribution in [2.45, 2.75) is 249 Å². The van der Waals surface area contributed by atoms with Gasteiger partial charge in [-0.3, -0.25) is 9.59 Å². The number of allylic oxidation sites excluding steroid dienone is 1. The summed E-state index contributed by atoms with van der Waals surface area (Å²) in [6.45, 7) is 8.97. The number of aliphatic hydroxyl groups is 5. The Morgan fingerprint density at radius 1 is 0.724 bits per heavy atom. The number of carbonyl (C=O) groups is 3. The first kappa shape index (κ1) is 60.5. The van der Waals surface area contributed by atoms with Crippen LogP contribution in [-0.4, -0.2) is 137 Å². The molecule has 0 aromatic heterocycles. The molecule has 16 heteroatoms. The molecule has 2 heterocycles. The minimum Gasteiger partial charge on any atom is -0.497 e. The van der Waals surface area contributed by atoms with E-state index in [1.165, 1.54) is 109 Å². The first-order valence-corrected chi connectivity index (χ1v) is 29.3. The van der Waals surface area contributed by atoms with E-state index in [0.29, 0.717) is 31.4 Å². The highest BCUT2D eigenvalue weighted by atomic mass is 16.8. The van der Waals surface area contributed by atoms with Gasteiger partial charge in [0.15, 0.2) is 24.8 Å². The molecule has 6 aliphatic rings. The van der Waals surface area contributed by atoms with Crippen LogP contribution < -0.4 is 4.74 Å². The van der Waals surface area contributed by atoms with Gasteiger partial charge in [0, 0.05) is 12.3 Å². The van der Waals surface area contributed by atoms with Crippen molar-refractivity contribution in [2.24, 2.45) is 34.5 Å². The molecule has 0 spiro atoms. The van der Waals surface area contributed by atoms with Crippen molar-refractivity contribution in [2.75, 3.05) is 26.9 Å². The zero-order chi connectivity index (χ0) is 54.6. The van der Waals surface area contributed by atoms with Gasteiger partial charge in [-0.25, -0.2) is 4.79 Å². The SMILES string of the molecule is CCCCCCCCCCCCCCCCCCOC(=O)[C@@H](C)[C@@]1(O)[C@@H](O[C@@H]2OC[C@H](O)[C@H](O[C@@H]3OC[C@@H](O)[C@H](O)[C@H]3OC(=O)c3ccc(OC)cc3)[C@H]2OC(C)=O)C[C@H]2[C@@H]3CC=C4C[C@@H](O)CC[C@]4(C)[C@H]3CC[C@@]21C. The molecule has 0 radical (unpaired) electrons. The summed E-state index contributed by atoms with van der Waals surface area (Å²) in [6, 6.07) is 6.06. The average Bonchev–Trinajstić information content (AvgIpc) is 3.79. The Kier molecular flexibility index (Phi) is 22.1. The zero-order valence-corrected chi connectivity index (χ0v) is 46.6. The molecule has 2 saturated heterocycles. The van der Waals surface area contributed by atoms with Crippen LogP contribution in [-0.2, 0) is 42.7 Å². The lowest BCUT2D eigenvalue weighted by Gasteiger charge is -2.59. The average molecular weight is 1070 g/mol. The summed E-state index contributed by atoms with van der Waals surface area (Å²) in [5.41, 5.74) is -1.34. The summed E-state index contributed by atoms with van der Waals surface area (Å²) >= 11 is 0. The van der Waals surface area contributed by atoms with Crippen LogP contribution in [0.5, 0.6) is 5.75 Å². The maximum atomic E-state index is 14.4. The second kappa shape index (κ2) is 27.8. The smallest absolute Gasteiger partial charge is 0.338 e. The number of unbranched alkanes of at least 4 members (excludes halogenated alkanes) is 15. The van der Waals surface area contributed by atoms with Crippen molar-refractivity contribution in [1.29, 1.82) is 0 Å². The van der Waals surface area contributed by atoms with Crippen LogP contribution in [0.3, 0.4) is 0 Å². The third kappa shape index (κ3) is 13.9. The molecule has 430 valence electrons. The van der Waals surface area contributed by atoms with Crippen molar-refractivity contribution in [1.82, 2.24) is 0 Å². The van der Waals surface area contributed by atoms with Crippen molar-refractivity contribution in [3.8, 4) is 5.75 Å². The number of methoxy groups -OCH3 is 1. The molecule has 1 aromatic carbocycles. The van der Waals surface area contributed by atoms with E-state index >= 15 is 0 Å². The molecule has 17 atom stereocenters. The molecular formula is C60H94O16. The quantitative estimate of drug-likeness (QED) is 0.0240. The van der Waals surface area contributed by atoms with Crippen LogP contribution in [0.15, 0.2) is 35.9 Å². The van der Waals surface area contributed by atoms with E-state index in [1.54, 1.807) is 19.1 Å². The number of hydrogen-bond acceptors (Lipinski definition) is 16. The van der Waals surface area contributed by atoms with E-state index in [9.17, 15) is 39.9 Å². The minimum absolute atomic E-state index is 0.114. The Hall–Kier alpha value is -3.19. The highest BCUT2D eigenvalue weighted by Gasteiger charge is 2.71.